The van der Waals surface area contributed by atoms with E-state index < -0.39 is 0 Å². The van der Waals surface area contributed by atoms with Crippen LogP contribution in [0.1, 0.15) is 11.1 Å². The first-order valence-corrected chi connectivity index (χ1v) is 8.03. The van der Waals surface area contributed by atoms with Gasteiger partial charge in [0, 0.05) is 6.42 Å². The summed E-state index contributed by atoms with van der Waals surface area (Å²) in [7, 11) is 0. The van der Waals surface area contributed by atoms with Crippen molar-refractivity contribution in [2.75, 3.05) is 26.4 Å². The molecule has 0 N–H and O–H groups in total. The monoisotopic (exact) mass is 312 g/mol. The van der Waals surface area contributed by atoms with Gasteiger partial charge in [0.05, 0.1) is 13.2 Å². The first-order chi connectivity index (χ1) is 11.4. The summed E-state index contributed by atoms with van der Waals surface area (Å²) < 4.78 is 22.2. The standard InChI is InChI=1S/C19H20O4/c1-3-7-18(22-12-16-10-20-16)14(5-1)9-15-6-2-4-8-19(15)23-13-17-11-21-17/h1-8,16-17H,9-13H2/t16-,17+. The summed E-state index contributed by atoms with van der Waals surface area (Å²) in [5.41, 5.74) is 2.32. The van der Waals surface area contributed by atoms with Gasteiger partial charge in [-0.1, -0.05) is 36.4 Å². The highest BCUT2D eigenvalue weighted by Gasteiger charge is 2.24. The van der Waals surface area contributed by atoms with E-state index in [1.54, 1.807) is 0 Å². The van der Waals surface area contributed by atoms with Gasteiger partial charge in [0.1, 0.15) is 36.9 Å². The maximum absolute atomic E-state index is 5.90. The fourth-order valence-corrected chi connectivity index (χ4v) is 2.48. The molecule has 0 saturated carbocycles. The molecule has 0 unspecified atom stereocenters. The molecule has 0 amide bonds. The Morgan fingerprint density at radius 1 is 0.739 bits per heavy atom. The molecule has 2 heterocycles. The van der Waals surface area contributed by atoms with Crippen molar-refractivity contribution in [1.82, 2.24) is 0 Å². The zero-order chi connectivity index (χ0) is 15.5. The summed E-state index contributed by atoms with van der Waals surface area (Å²) in [6.45, 7) is 2.85. The molecule has 2 aromatic rings. The van der Waals surface area contributed by atoms with Crippen molar-refractivity contribution in [3.63, 3.8) is 0 Å². The van der Waals surface area contributed by atoms with Crippen molar-refractivity contribution >= 4 is 0 Å². The van der Waals surface area contributed by atoms with Crippen LogP contribution in [0.5, 0.6) is 11.5 Å². The highest BCUT2D eigenvalue weighted by atomic mass is 16.6. The van der Waals surface area contributed by atoms with Crippen molar-refractivity contribution in [2.45, 2.75) is 18.6 Å². The van der Waals surface area contributed by atoms with E-state index in [9.17, 15) is 0 Å². The largest absolute Gasteiger partial charge is 0.490 e. The van der Waals surface area contributed by atoms with Crippen LogP contribution in [0.2, 0.25) is 0 Å². The molecule has 0 aliphatic carbocycles. The molecule has 2 aromatic carbocycles. The van der Waals surface area contributed by atoms with Gasteiger partial charge in [0.15, 0.2) is 0 Å². The molecule has 0 bridgehead atoms. The van der Waals surface area contributed by atoms with Crippen molar-refractivity contribution in [2.24, 2.45) is 0 Å². The van der Waals surface area contributed by atoms with Gasteiger partial charge in [-0.2, -0.15) is 0 Å². The number of hydrogen-bond donors (Lipinski definition) is 0. The summed E-state index contributed by atoms with van der Waals surface area (Å²) >= 11 is 0. The molecule has 4 nitrogen and oxygen atoms in total. The maximum atomic E-state index is 5.90. The van der Waals surface area contributed by atoms with Gasteiger partial charge in [-0.05, 0) is 23.3 Å². The van der Waals surface area contributed by atoms with Crippen LogP contribution >= 0.6 is 0 Å². The van der Waals surface area contributed by atoms with E-state index in [0.717, 1.165) is 42.3 Å². The highest BCUT2D eigenvalue weighted by Crippen LogP contribution is 2.27. The van der Waals surface area contributed by atoms with Gasteiger partial charge >= 0.3 is 0 Å². The summed E-state index contributed by atoms with van der Waals surface area (Å²) in [5, 5.41) is 0. The topological polar surface area (TPSA) is 43.5 Å². The highest BCUT2D eigenvalue weighted by molar-refractivity contribution is 5.42. The molecule has 0 radical (unpaired) electrons. The van der Waals surface area contributed by atoms with E-state index in [-0.39, 0.29) is 12.2 Å². The summed E-state index contributed by atoms with van der Waals surface area (Å²) in [4.78, 5) is 0. The molecule has 0 spiro atoms. The fraction of sp³-hybridized carbons (Fsp3) is 0.368. The molecule has 0 aromatic heterocycles. The van der Waals surface area contributed by atoms with Crippen molar-refractivity contribution in [3.8, 4) is 11.5 Å². The van der Waals surface area contributed by atoms with Crippen LogP contribution < -0.4 is 9.47 Å². The quantitative estimate of drug-likeness (QED) is 0.703. The molecule has 120 valence electrons. The Morgan fingerprint density at radius 3 is 1.61 bits per heavy atom. The first kappa shape index (κ1) is 14.5. The Balaban J connectivity index is 1.48. The molecule has 4 heteroatoms. The van der Waals surface area contributed by atoms with E-state index in [1.807, 2.05) is 36.4 Å². The molecule has 4 rings (SSSR count). The van der Waals surface area contributed by atoms with Crippen molar-refractivity contribution < 1.29 is 18.9 Å². The number of para-hydroxylation sites is 2. The molecule has 2 aliphatic rings. The SMILES string of the molecule is c1ccc(OC[C@@H]2CO2)c(Cc2ccccc2OC[C@H]2CO2)c1. The van der Waals surface area contributed by atoms with Crippen molar-refractivity contribution in [3.05, 3.63) is 59.7 Å². The lowest BCUT2D eigenvalue weighted by Crippen LogP contribution is -2.08. The number of benzene rings is 2. The number of ether oxygens (including phenoxy) is 4. The minimum Gasteiger partial charge on any atom is -0.490 e. The van der Waals surface area contributed by atoms with Gasteiger partial charge < -0.3 is 18.9 Å². The van der Waals surface area contributed by atoms with E-state index in [0.29, 0.717) is 13.2 Å². The lowest BCUT2D eigenvalue weighted by atomic mass is 10.0. The van der Waals surface area contributed by atoms with Crippen LogP contribution in [-0.4, -0.2) is 38.6 Å². The van der Waals surface area contributed by atoms with Gasteiger partial charge in [0.25, 0.3) is 0 Å². The van der Waals surface area contributed by atoms with E-state index in [1.165, 1.54) is 0 Å². The molecule has 2 saturated heterocycles. The number of rotatable bonds is 8. The Kier molecular flexibility index (Phi) is 4.18. The summed E-state index contributed by atoms with van der Waals surface area (Å²) in [6.07, 6.45) is 1.30. The third kappa shape index (κ3) is 4.03. The Hall–Kier alpha value is -2.04. The first-order valence-electron chi connectivity index (χ1n) is 8.03. The van der Waals surface area contributed by atoms with Crippen LogP contribution in [0.15, 0.2) is 48.5 Å². The van der Waals surface area contributed by atoms with E-state index >= 15 is 0 Å². The molecule has 2 fully saturated rings. The lowest BCUT2D eigenvalue weighted by molar-refractivity contribution is 0.259. The second kappa shape index (κ2) is 6.60. The third-order valence-corrected chi connectivity index (χ3v) is 3.98. The second-order valence-corrected chi connectivity index (χ2v) is 5.92. The average Bonchev–Trinajstić information content (AvgIpc) is 3.48. The summed E-state index contributed by atoms with van der Waals surface area (Å²) in [6, 6.07) is 16.3. The number of epoxide rings is 2. The van der Waals surface area contributed by atoms with Crippen LogP contribution in [0, 0.1) is 0 Å². The third-order valence-electron chi connectivity index (χ3n) is 3.98. The smallest absolute Gasteiger partial charge is 0.122 e. The average molecular weight is 312 g/mol. The zero-order valence-electron chi connectivity index (χ0n) is 12.9. The maximum Gasteiger partial charge on any atom is 0.122 e. The van der Waals surface area contributed by atoms with E-state index in [4.69, 9.17) is 18.9 Å². The summed E-state index contributed by atoms with van der Waals surface area (Å²) in [5.74, 6) is 1.84. The van der Waals surface area contributed by atoms with Crippen LogP contribution in [0.3, 0.4) is 0 Å². The normalized spacial score (nSPS) is 21.7. The van der Waals surface area contributed by atoms with Gasteiger partial charge in [-0.25, -0.2) is 0 Å². The number of hydrogen-bond acceptors (Lipinski definition) is 4. The predicted molar refractivity (Wildman–Crippen MR) is 86.2 cm³/mol. The van der Waals surface area contributed by atoms with Gasteiger partial charge in [-0.15, -0.1) is 0 Å². The fourth-order valence-electron chi connectivity index (χ4n) is 2.48. The van der Waals surface area contributed by atoms with Crippen LogP contribution in [0.25, 0.3) is 0 Å². The van der Waals surface area contributed by atoms with E-state index in [2.05, 4.69) is 12.1 Å². The predicted octanol–water partition coefficient (Wildman–Crippen LogP) is 2.83. The van der Waals surface area contributed by atoms with Crippen LogP contribution in [0.4, 0.5) is 0 Å². The van der Waals surface area contributed by atoms with Crippen molar-refractivity contribution in [1.29, 1.82) is 0 Å². The Labute approximate surface area is 135 Å². The second-order valence-electron chi connectivity index (χ2n) is 5.92. The van der Waals surface area contributed by atoms with Gasteiger partial charge in [0.2, 0.25) is 0 Å². The molecular formula is C19H20O4. The molecule has 2 atom stereocenters. The minimum atomic E-state index is 0.261. The zero-order valence-corrected chi connectivity index (χ0v) is 12.9. The lowest BCUT2D eigenvalue weighted by Gasteiger charge is -2.13. The molecule has 23 heavy (non-hydrogen) atoms. The van der Waals surface area contributed by atoms with Crippen LogP contribution in [-0.2, 0) is 15.9 Å². The Morgan fingerprint density at radius 2 is 1.17 bits per heavy atom. The molecular weight excluding hydrogens is 292 g/mol. The minimum absolute atomic E-state index is 0.261. The van der Waals surface area contributed by atoms with Gasteiger partial charge in [-0.3, -0.25) is 0 Å². The Bertz CT molecular complexity index is 604. The molecule has 2 aliphatic heterocycles.